The lowest BCUT2D eigenvalue weighted by molar-refractivity contribution is -0.120. The van der Waals surface area contributed by atoms with Crippen molar-refractivity contribution in [2.24, 2.45) is 5.92 Å². The number of carbonyl (C=O) groups is 1. The minimum absolute atomic E-state index is 0.0953. The first kappa shape index (κ1) is 22.7. The highest BCUT2D eigenvalue weighted by Gasteiger charge is 2.35. The van der Waals surface area contributed by atoms with Crippen molar-refractivity contribution in [3.8, 4) is 10.6 Å². The van der Waals surface area contributed by atoms with Crippen LogP contribution >= 0.6 is 11.3 Å². The van der Waals surface area contributed by atoms with E-state index in [9.17, 15) is 13.2 Å². The summed E-state index contributed by atoms with van der Waals surface area (Å²) in [6.45, 7) is 3.77. The van der Waals surface area contributed by atoms with Crippen LogP contribution in [0.5, 0.6) is 0 Å². The highest BCUT2D eigenvalue weighted by Crippen LogP contribution is 2.31. The van der Waals surface area contributed by atoms with Crippen LogP contribution in [0.15, 0.2) is 57.9 Å². The maximum absolute atomic E-state index is 13.0. The summed E-state index contributed by atoms with van der Waals surface area (Å²) in [5, 5.41) is 7.66. The second kappa shape index (κ2) is 8.94. The van der Waals surface area contributed by atoms with Gasteiger partial charge in [-0.2, -0.15) is 4.31 Å². The van der Waals surface area contributed by atoms with Gasteiger partial charge in [0.15, 0.2) is 5.76 Å². The van der Waals surface area contributed by atoms with Gasteiger partial charge in [-0.25, -0.2) is 13.4 Å². The minimum Gasteiger partial charge on any atom is -0.360 e. The number of amides is 1. The van der Waals surface area contributed by atoms with E-state index in [4.69, 9.17) is 4.52 Å². The number of thiazole rings is 1. The third-order valence-corrected chi connectivity index (χ3v) is 9.31. The monoisotopic (exact) mass is 496 g/mol. The van der Waals surface area contributed by atoms with E-state index in [1.54, 1.807) is 25.2 Å². The zero-order valence-electron chi connectivity index (χ0n) is 18.8. The van der Waals surface area contributed by atoms with Gasteiger partial charge >= 0.3 is 0 Å². The number of anilines is 1. The van der Waals surface area contributed by atoms with Crippen molar-refractivity contribution < 1.29 is 17.7 Å². The lowest BCUT2D eigenvalue weighted by Crippen LogP contribution is -2.41. The van der Waals surface area contributed by atoms with Crippen LogP contribution in [0.25, 0.3) is 20.8 Å². The van der Waals surface area contributed by atoms with E-state index in [0.29, 0.717) is 24.2 Å². The fourth-order valence-electron chi connectivity index (χ4n) is 4.27. The predicted octanol–water partition coefficient (Wildman–Crippen LogP) is 4.61. The minimum atomic E-state index is -3.69. The number of carbonyl (C=O) groups excluding carboxylic acids is 1. The standard InChI is InChI=1S/C24H24N4O4S2/c1-15-22(16(2)32-27-15)34(30,31)28-13-11-17(12-14-28)23(29)25-19-9-7-18(8-10-19)24-26-20-5-3-4-6-21(20)33-24/h3-10,17H,11-14H2,1-2H3,(H,25,29). The summed E-state index contributed by atoms with van der Waals surface area (Å²) in [5.74, 6) is -0.0613. The number of benzene rings is 2. The molecule has 0 radical (unpaired) electrons. The van der Waals surface area contributed by atoms with Crippen LogP contribution in [-0.4, -0.2) is 41.9 Å². The molecule has 2 aromatic carbocycles. The quantitative estimate of drug-likeness (QED) is 0.433. The number of hydrogen-bond donors (Lipinski definition) is 1. The second-order valence-electron chi connectivity index (χ2n) is 8.38. The number of nitrogens with one attached hydrogen (secondary N) is 1. The van der Waals surface area contributed by atoms with Crippen molar-refractivity contribution >= 4 is 43.2 Å². The Morgan fingerprint density at radius 3 is 2.44 bits per heavy atom. The van der Waals surface area contributed by atoms with E-state index >= 15 is 0 Å². The fraction of sp³-hybridized carbons (Fsp3) is 0.292. The first-order valence-corrected chi connectivity index (χ1v) is 13.3. The molecule has 3 heterocycles. The molecule has 1 aliphatic rings. The van der Waals surface area contributed by atoms with Gasteiger partial charge in [-0.3, -0.25) is 4.79 Å². The van der Waals surface area contributed by atoms with Crippen molar-refractivity contribution in [3.63, 3.8) is 0 Å². The molecule has 34 heavy (non-hydrogen) atoms. The number of rotatable bonds is 5. The molecule has 176 valence electrons. The Hall–Kier alpha value is -3.08. The fourth-order valence-corrected chi connectivity index (χ4v) is 7.00. The maximum atomic E-state index is 13.0. The van der Waals surface area contributed by atoms with Crippen LogP contribution in [0.1, 0.15) is 24.3 Å². The third kappa shape index (κ3) is 4.24. The molecule has 1 fully saturated rings. The first-order chi connectivity index (χ1) is 16.3. The summed E-state index contributed by atoms with van der Waals surface area (Å²) in [6.07, 6.45) is 0.913. The summed E-state index contributed by atoms with van der Waals surface area (Å²) in [6, 6.07) is 15.7. The molecule has 5 rings (SSSR count). The maximum Gasteiger partial charge on any atom is 0.248 e. The van der Waals surface area contributed by atoms with Crippen molar-refractivity contribution in [1.29, 1.82) is 0 Å². The van der Waals surface area contributed by atoms with Crippen LogP contribution < -0.4 is 5.32 Å². The summed E-state index contributed by atoms with van der Waals surface area (Å²) in [4.78, 5) is 17.6. The Morgan fingerprint density at radius 1 is 1.09 bits per heavy atom. The molecule has 1 amide bonds. The first-order valence-electron chi connectivity index (χ1n) is 11.0. The van der Waals surface area contributed by atoms with Crippen LogP contribution in [0.4, 0.5) is 5.69 Å². The van der Waals surface area contributed by atoms with Gasteiger partial charge in [-0.15, -0.1) is 11.3 Å². The highest BCUT2D eigenvalue weighted by atomic mass is 32.2. The van der Waals surface area contributed by atoms with Crippen LogP contribution in [0.3, 0.4) is 0 Å². The van der Waals surface area contributed by atoms with Crippen molar-refractivity contribution in [2.75, 3.05) is 18.4 Å². The summed E-state index contributed by atoms with van der Waals surface area (Å²) in [5.41, 5.74) is 3.03. The van der Waals surface area contributed by atoms with Crippen molar-refractivity contribution in [2.45, 2.75) is 31.6 Å². The SMILES string of the molecule is Cc1noc(C)c1S(=O)(=O)N1CCC(C(=O)Nc2ccc(-c3nc4ccccc4s3)cc2)CC1. The molecule has 10 heteroatoms. The molecule has 0 bridgehead atoms. The molecule has 2 aromatic heterocycles. The molecule has 8 nitrogen and oxygen atoms in total. The lowest BCUT2D eigenvalue weighted by atomic mass is 9.97. The molecule has 0 spiro atoms. The van der Waals surface area contributed by atoms with Crippen LogP contribution in [0, 0.1) is 19.8 Å². The Morgan fingerprint density at radius 2 is 1.79 bits per heavy atom. The Kier molecular flexibility index (Phi) is 5.97. The number of aryl methyl sites for hydroxylation is 2. The average molecular weight is 497 g/mol. The topological polar surface area (TPSA) is 105 Å². The molecule has 0 aliphatic carbocycles. The average Bonchev–Trinajstić information content (AvgIpc) is 3.42. The van der Waals surface area contributed by atoms with Gasteiger partial charge in [0, 0.05) is 30.3 Å². The number of fused-ring (bicyclic) bond motifs is 1. The van der Waals surface area contributed by atoms with Gasteiger partial charge in [0.05, 0.1) is 10.2 Å². The van der Waals surface area contributed by atoms with E-state index < -0.39 is 10.0 Å². The zero-order chi connectivity index (χ0) is 23.9. The summed E-state index contributed by atoms with van der Waals surface area (Å²) in [7, 11) is -3.69. The van der Waals surface area contributed by atoms with Gasteiger partial charge in [0.1, 0.15) is 15.6 Å². The smallest absolute Gasteiger partial charge is 0.248 e. The molecule has 0 unspecified atom stereocenters. The molecule has 1 saturated heterocycles. The Bertz CT molecular complexity index is 1400. The molecular formula is C24H24N4O4S2. The van der Waals surface area contributed by atoms with Gasteiger partial charge in [-0.1, -0.05) is 17.3 Å². The molecular weight excluding hydrogens is 472 g/mol. The van der Waals surface area contributed by atoms with E-state index in [-0.39, 0.29) is 35.6 Å². The van der Waals surface area contributed by atoms with Crippen LogP contribution in [0.2, 0.25) is 0 Å². The van der Waals surface area contributed by atoms with E-state index in [0.717, 1.165) is 20.8 Å². The van der Waals surface area contributed by atoms with Gasteiger partial charge in [0.25, 0.3) is 0 Å². The second-order valence-corrected chi connectivity index (χ2v) is 11.3. The number of aromatic nitrogens is 2. The molecule has 0 saturated carbocycles. The van der Waals surface area contributed by atoms with Crippen LogP contribution in [-0.2, 0) is 14.8 Å². The summed E-state index contributed by atoms with van der Waals surface area (Å²) < 4.78 is 33.5. The third-order valence-electron chi connectivity index (χ3n) is 6.08. The number of nitrogens with zero attached hydrogens (tertiary/aromatic N) is 3. The Balaban J connectivity index is 1.21. The molecule has 0 atom stereocenters. The van der Waals surface area contributed by atoms with Gasteiger partial charge < -0.3 is 9.84 Å². The van der Waals surface area contributed by atoms with E-state index in [1.807, 2.05) is 42.5 Å². The molecule has 1 aliphatic heterocycles. The highest BCUT2D eigenvalue weighted by molar-refractivity contribution is 7.89. The zero-order valence-corrected chi connectivity index (χ0v) is 20.4. The number of sulfonamides is 1. The lowest BCUT2D eigenvalue weighted by Gasteiger charge is -2.30. The molecule has 4 aromatic rings. The van der Waals surface area contributed by atoms with E-state index in [1.165, 1.54) is 4.31 Å². The normalized spacial score (nSPS) is 15.6. The Labute approximate surface area is 201 Å². The van der Waals surface area contributed by atoms with E-state index in [2.05, 4.69) is 21.5 Å². The largest absolute Gasteiger partial charge is 0.360 e. The van der Waals surface area contributed by atoms with Gasteiger partial charge in [-0.05, 0) is 63.1 Å². The van der Waals surface area contributed by atoms with Crippen molar-refractivity contribution in [3.05, 3.63) is 60.0 Å². The predicted molar refractivity (Wildman–Crippen MR) is 131 cm³/mol. The number of hydrogen-bond acceptors (Lipinski definition) is 7. The molecule has 1 N–H and O–H groups in total. The van der Waals surface area contributed by atoms with Crippen molar-refractivity contribution in [1.82, 2.24) is 14.4 Å². The number of piperidine rings is 1. The summed E-state index contributed by atoms with van der Waals surface area (Å²) >= 11 is 1.63. The van der Waals surface area contributed by atoms with Gasteiger partial charge in [0.2, 0.25) is 15.9 Å². The number of para-hydroxylation sites is 1.